The molecule has 84 valence electrons. The van der Waals surface area contributed by atoms with Crippen molar-refractivity contribution in [2.75, 3.05) is 7.05 Å². The molecule has 0 fully saturated rings. The first kappa shape index (κ1) is 11.1. The van der Waals surface area contributed by atoms with E-state index in [9.17, 15) is 4.39 Å². The fourth-order valence-electron chi connectivity index (χ4n) is 1.18. The zero-order valence-electron chi connectivity index (χ0n) is 8.94. The first-order valence-electron chi connectivity index (χ1n) is 4.82. The van der Waals surface area contributed by atoms with Gasteiger partial charge in [-0.3, -0.25) is 4.98 Å². The molecule has 0 spiro atoms. The van der Waals surface area contributed by atoms with E-state index >= 15 is 0 Å². The molecule has 0 radical (unpaired) electrons. The minimum absolute atomic E-state index is 0.146. The zero-order chi connectivity index (χ0) is 11.5. The van der Waals surface area contributed by atoms with E-state index in [0.29, 0.717) is 10.6 Å². The van der Waals surface area contributed by atoms with Crippen molar-refractivity contribution in [2.24, 2.45) is 0 Å². The summed E-state index contributed by atoms with van der Waals surface area (Å²) in [7, 11) is 1.86. The van der Waals surface area contributed by atoms with Crippen LogP contribution in [0.5, 0.6) is 0 Å². The van der Waals surface area contributed by atoms with Gasteiger partial charge in [0, 0.05) is 11.8 Å². The van der Waals surface area contributed by atoms with Crippen molar-refractivity contribution in [3.05, 3.63) is 29.3 Å². The Kier molecular flexibility index (Phi) is 3.21. The number of nitrogens with zero attached hydrogens (tertiary/aromatic N) is 3. The van der Waals surface area contributed by atoms with E-state index in [-0.39, 0.29) is 11.9 Å². The number of pyridine rings is 1. The van der Waals surface area contributed by atoms with Crippen LogP contribution in [0.15, 0.2) is 18.5 Å². The van der Waals surface area contributed by atoms with Gasteiger partial charge < -0.3 is 5.32 Å². The van der Waals surface area contributed by atoms with E-state index in [1.54, 1.807) is 6.20 Å². The molecule has 2 rings (SSSR count). The van der Waals surface area contributed by atoms with Gasteiger partial charge in [-0.15, -0.1) is 10.2 Å². The lowest BCUT2D eigenvalue weighted by molar-refractivity contribution is 0.622. The van der Waals surface area contributed by atoms with Crippen molar-refractivity contribution >= 4 is 11.3 Å². The summed E-state index contributed by atoms with van der Waals surface area (Å²) in [5.41, 5.74) is 0.659. The lowest BCUT2D eigenvalue weighted by atomic mass is 10.3. The number of hydrogen-bond donors (Lipinski definition) is 1. The fourth-order valence-corrected chi connectivity index (χ4v) is 2.06. The molecule has 0 aliphatic heterocycles. The SMILES string of the molecule is CNC(C)c1nnc(-c2cncc(F)c2)s1. The predicted octanol–water partition coefficient (Wildman–Crippen LogP) is 2.02. The molecule has 0 aliphatic rings. The number of hydrogen-bond acceptors (Lipinski definition) is 5. The third-order valence-corrected chi connectivity index (χ3v) is 3.35. The Morgan fingerprint density at radius 1 is 1.38 bits per heavy atom. The number of nitrogens with one attached hydrogen (secondary N) is 1. The van der Waals surface area contributed by atoms with Crippen molar-refractivity contribution in [1.82, 2.24) is 20.5 Å². The average Bonchev–Trinajstić information content (AvgIpc) is 2.77. The highest BCUT2D eigenvalue weighted by Crippen LogP contribution is 2.26. The second kappa shape index (κ2) is 4.63. The van der Waals surface area contributed by atoms with Gasteiger partial charge in [-0.2, -0.15) is 0 Å². The average molecular weight is 238 g/mol. The van der Waals surface area contributed by atoms with Crippen LogP contribution in [0.2, 0.25) is 0 Å². The molecule has 1 atom stereocenters. The van der Waals surface area contributed by atoms with Gasteiger partial charge in [-0.1, -0.05) is 11.3 Å². The largest absolute Gasteiger partial charge is 0.311 e. The smallest absolute Gasteiger partial charge is 0.149 e. The van der Waals surface area contributed by atoms with Gasteiger partial charge >= 0.3 is 0 Å². The fraction of sp³-hybridized carbons (Fsp3) is 0.300. The second-order valence-corrected chi connectivity index (χ2v) is 4.36. The van der Waals surface area contributed by atoms with Crippen LogP contribution in [0.4, 0.5) is 4.39 Å². The third kappa shape index (κ3) is 2.23. The van der Waals surface area contributed by atoms with Gasteiger partial charge in [0.15, 0.2) is 0 Å². The summed E-state index contributed by atoms with van der Waals surface area (Å²) in [6.45, 7) is 1.99. The monoisotopic (exact) mass is 238 g/mol. The van der Waals surface area contributed by atoms with E-state index in [4.69, 9.17) is 0 Å². The summed E-state index contributed by atoms with van der Waals surface area (Å²) in [4.78, 5) is 3.78. The van der Waals surface area contributed by atoms with Gasteiger partial charge in [0.1, 0.15) is 15.8 Å². The Balaban J connectivity index is 2.31. The van der Waals surface area contributed by atoms with Gasteiger partial charge in [0.25, 0.3) is 0 Å². The molecule has 2 aromatic rings. The standard InChI is InChI=1S/C10H11FN4S/c1-6(12-2)9-14-15-10(16-9)7-3-8(11)5-13-4-7/h3-6,12H,1-2H3. The summed E-state index contributed by atoms with van der Waals surface area (Å²) in [6.07, 6.45) is 2.75. The van der Waals surface area contributed by atoms with Crippen molar-refractivity contribution in [1.29, 1.82) is 0 Å². The summed E-state index contributed by atoms with van der Waals surface area (Å²) < 4.78 is 13.0. The number of aromatic nitrogens is 3. The Bertz CT molecular complexity index is 485. The molecule has 0 saturated heterocycles. The molecule has 1 N–H and O–H groups in total. The summed E-state index contributed by atoms with van der Waals surface area (Å²) in [5, 5.41) is 12.7. The molecule has 6 heteroatoms. The molecule has 0 saturated carbocycles. The van der Waals surface area contributed by atoms with E-state index in [1.165, 1.54) is 23.6 Å². The molecule has 0 amide bonds. The van der Waals surface area contributed by atoms with Crippen LogP contribution in [0, 0.1) is 5.82 Å². The van der Waals surface area contributed by atoms with Crippen LogP contribution in [-0.4, -0.2) is 22.2 Å². The molecule has 4 nitrogen and oxygen atoms in total. The van der Waals surface area contributed by atoms with Crippen LogP contribution in [0.3, 0.4) is 0 Å². The Morgan fingerprint density at radius 2 is 2.19 bits per heavy atom. The Hall–Kier alpha value is -1.40. The molecule has 0 bridgehead atoms. The lowest BCUT2D eigenvalue weighted by Gasteiger charge is -2.02. The molecule has 2 aromatic heterocycles. The summed E-state index contributed by atoms with van der Waals surface area (Å²) in [5.74, 6) is -0.365. The molecular weight excluding hydrogens is 227 g/mol. The maximum atomic E-state index is 13.0. The maximum absolute atomic E-state index is 13.0. The number of rotatable bonds is 3. The van der Waals surface area contributed by atoms with Crippen LogP contribution in [0.25, 0.3) is 10.6 Å². The Morgan fingerprint density at radius 3 is 2.88 bits per heavy atom. The lowest BCUT2D eigenvalue weighted by Crippen LogP contribution is -2.11. The zero-order valence-corrected chi connectivity index (χ0v) is 9.75. The van der Waals surface area contributed by atoms with Crippen LogP contribution in [0.1, 0.15) is 18.0 Å². The maximum Gasteiger partial charge on any atom is 0.149 e. The quantitative estimate of drug-likeness (QED) is 0.888. The molecule has 0 aliphatic carbocycles. The van der Waals surface area contributed by atoms with E-state index < -0.39 is 0 Å². The highest BCUT2D eigenvalue weighted by Gasteiger charge is 2.11. The van der Waals surface area contributed by atoms with Crippen molar-refractivity contribution in [2.45, 2.75) is 13.0 Å². The first-order valence-corrected chi connectivity index (χ1v) is 5.64. The van der Waals surface area contributed by atoms with Crippen LogP contribution >= 0.6 is 11.3 Å². The first-order chi connectivity index (χ1) is 7.70. The predicted molar refractivity (Wildman–Crippen MR) is 60.6 cm³/mol. The van der Waals surface area contributed by atoms with Crippen molar-refractivity contribution in [3.63, 3.8) is 0 Å². The summed E-state index contributed by atoms with van der Waals surface area (Å²) in [6, 6.07) is 1.55. The second-order valence-electron chi connectivity index (χ2n) is 3.35. The van der Waals surface area contributed by atoms with E-state index in [2.05, 4.69) is 20.5 Å². The normalized spacial score (nSPS) is 12.7. The third-order valence-electron chi connectivity index (χ3n) is 2.20. The summed E-state index contributed by atoms with van der Waals surface area (Å²) >= 11 is 1.44. The van der Waals surface area contributed by atoms with Gasteiger partial charge in [-0.05, 0) is 20.0 Å². The highest BCUT2D eigenvalue weighted by molar-refractivity contribution is 7.14. The highest BCUT2D eigenvalue weighted by atomic mass is 32.1. The minimum atomic E-state index is -0.365. The molecule has 2 heterocycles. The van der Waals surface area contributed by atoms with E-state index in [0.717, 1.165) is 5.01 Å². The molecule has 1 unspecified atom stereocenters. The Labute approximate surface area is 96.6 Å². The van der Waals surface area contributed by atoms with Crippen molar-refractivity contribution < 1.29 is 4.39 Å². The minimum Gasteiger partial charge on any atom is -0.311 e. The number of halogens is 1. The van der Waals surface area contributed by atoms with Crippen LogP contribution < -0.4 is 5.32 Å². The van der Waals surface area contributed by atoms with Crippen LogP contribution in [-0.2, 0) is 0 Å². The molecule has 16 heavy (non-hydrogen) atoms. The van der Waals surface area contributed by atoms with Gasteiger partial charge in [-0.25, -0.2) is 4.39 Å². The topological polar surface area (TPSA) is 50.7 Å². The molecule has 0 aromatic carbocycles. The molecular formula is C10H11FN4S. The van der Waals surface area contributed by atoms with Crippen molar-refractivity contribution in [3.8, 4) is 10.6 Å². The van der Waals surface area contributed by atoms with Gasteiger partial charge in [0.2, 0.25) is 0 Å². The van der Waals surface area contributed by atoms with Gasteiger partial charge in [0.05, 0.1) is 12.2 Å². The van der Waals surface area contributed by atoms with E-state index in [1.807, 2.05) is 14.0 Å².